The molecule has 0 bridgehead atoms. The lowest BCUT2D eigenvalue weighted by molar-refractivity contribution is -1.25. The van der Waals surface area contributed by atoms with Gasteiger partial charge in [0.15, 0.2) is 0 Å². The lowest BCUT2D eigenvalue weighted by atomic mass is 8.33. The van der Waals surface area contributed by atoms with E-state index >= 15 is 0 Å². The van der Waals surface area contributed by atoms with Crippen molar-refractivity contribution in [2.45, 2.75) is 30.4 Å². The first-order valence-corrected chi connectivity index (χ1v) is 35.4. The molecule has 1 heteroatoms. The van der Waals surface area contributed by atoms with Gasteiger partial charge in [-0.1, -0.05) is 0 Å². The van der Waals surface area contributed by atoms with Gasteiger partial charge in [0.2, 0.25) is 0 Å². The van der Waals surface area contributed by atoms with Crippen LogP contribution in [0.5, 0.6) is 0 Å². The summed E-state index contributed by atoms with van der Waals surface area (Å²) in [6, 6.07) is 0. The molecule has 0 aromatic rings. The van der Waals surface area contributed by atoms with Gasteiger partial charge in [-0.05, 0) is 387 Å². The highest BCUT2D eigenvalue weighted by molar-refractivity contribution is 7.82. The standard InChI is InChI=1S/C70H38S/c71-38-12-4-11-14-7-3-10-17-20-23-25-28-27-24-21-18-15-8-1-5-13-6-2-9-16-19-22-26-29-30-31-32-33(38)59-58(32)57(31)56(30)55(29)51(26)48(22)45(19)42(16)35(6,9)39(13)34(5,8)41(15)44(18)47(21)50(24)53(27)54(28)52(25)49(23)46(20)43(17)36(7,10)40(14)37(11,12)60(38,59)62(40,43)70(46,59)69(49,58)68(52,57)67(54,56)66(53,55)65(50,51)64(47,48)63(44,45)61(39,41)42/h5-33,71H,1-4H2/t5?,6?,7?,8?,9?,10?,11?,12?,13?,14?,15?,16?,17?,18?,19?,20?,21?,22?,23?,24?,25?,26?,27?,28?,29?,30?,31?,32?,33?,34?,35?,36?,37?,38-,39?,40?,41?,42?,43?,44?,45?,46?,47?,48?,49?,50?,51?,52?,53?,54?,55?,56?,57?,58?,59?,60?,61?,62?,63?,64?,65?,66?,67?,68?,69?,70?/m0/s1. The van der Waals surface area contributed by atoms with Gasteiger partial charge >= 0.3 is 0 Å². The molecule has 65 unspecified atom stereocenters. The van der Waals surface area contributed by atoms with Crippen molar-refractivity contribution >= 4 is 12.6 Å². The molecule has 0 amide bonds. The van der Waals surface area contributed by atoms with Crippen LogP contribution in [0.25, 0.3) is 0 Å². The minimum Gasteiger partial charge on any atom is -0.171 e. The highest BCUT2D eigenvalue weighted by Crippen LogP contribution is 3.74. The minimum absolute atomic E-state index is 0.626. The van der Waals surface area contributed by atoms with Crippen molar-refractivity contribution in [1.29, 1.82) is 0 Å². The van der Waals surface area contributed by atoms with Crippen LogP contribution in [-0.4, -0.2) is 4.75 Å². The Hall–Kier alpha value is 0.350. The predicted molar refractivity (Wildman–Crippen MR) is 219 cm³/mol. The number of thiol groups is 1. The summed E-state index contributed by atoms with van der Waals surface area (Å²) in [5.41, 5.74) is 39.4. The van der Waals surface area contributed by atoms with E-state index in [1.54, 1.807) is 6.42 Å². The molecule has 66 atom stereocenters. The van der Waals surface area contributed by atoms with E-state index in [1.807, 2.05) is 19.3 Å². The van der Waals surface area contributed by atoms with E-state index in [0.717, 1.165) is 195 Å². The van der Waals surface area contributed by atoms with Crippen molar-refractivity contribution in [3.8, 4) is 0 Å². The normalized spacial score (nSPS) is 146. The third-order valence-electron chi connectivity index (χ3n) is 62.7. The number of fused-ring (bicyclic) bond motifs is 26. The van der Waals surface area contributed by atoms with Crippen LogP contribution in [0, 0.1) is 367 Å². The van der Waals surface area contributed by atoms with E-state index in [4.69, 9.17) is 12.6 Å². The Morgan fingerprint density at radius 3 is 0.887 bits per heavy atom. The average Bonchev–Trinajstić information content (AvgIpc) is 0.443. The molecule has 0 heterocycles. The van der Waals surface area contributed by atoms with E-state index in [-0.39, 0.29) is 0 Å². The van der Waals surface area contributed by atoms with Gasteiger partial charge in [-0.3, -0.25) is 0 Å². The molecule has 52 fully saturated rings. The van der Waals surface area contributed by atoms with Gasteiger partial charge in [-0.25, -0.2) is 0 Å². The smallest absolute Gasteiger partial charge is 0.0274 e. The Balaban J connectivity index is 0.659. The highest BCUT2D eigenvalue weighted by atomic mass is 32.1. The topological polar surface area (TPSA) is 0 Å². The van der Waals surface area contributed by atoms with Crippen molar-refractivity contribution in [3.05, 3.63) is 0 Å². The van der Waals surface area contributed by atoms with Crippen molar-refractivity contribution in [2.24, 2.45) is 367 Å². The maximum absolute atomic E-state index is 6.75. The molecule has 0 aliphatic heterocycles. The van der Waals surface area contributed by atoms with Crippen LogP contribution in [0.2, 0.25) is 0 Å². The zero-order valence-electron chi connectivity index (χ0n) is 38.5. The average molecular weight is 911 g/mol. The van der Waals surface area contributed by atoms with Gasteiger partial charge in [0, 0.05) is 10.2 Å². The van der Waals surface area contributed by atoms with Crippen LogP contribution in [0.1, 0.15) is 25.7 Å². The fraction of sp³-hybridized carbons (Fsp3) is 1.00. The van der Waals surface area contributed by atoms with Gasteiger partial charge in [0.1, 0.15) is 0 Å². The zero-order valence-corrected chi connectivity index (χ0v) is 39.4. The summed E-state index contributed by atoms with van der Waals surface area (Å²) in [6.07, 6.45) is 7.32. The fourth-order valence-corrected chi connectivity index (χ4v) is 82.1. The van der Waals surface area contributed by atoms with Crippen molar-refractivity contribution < 1.29 is 0 Å². The largest absolute Gasteiger partial charge is 0.171 e. The molecule has 0 saturated heterocycles. The molecule has 52 aliphatic rings. The van der Waals surface area contributed by atoms with Crippen LogP contribution >= 0.6 is 12.6 Å². The zero-order chi connectivity index (χ0) is 39.1. The number of hydrogen-bond acceptors (Lipinski definition) is 1. The predicted octanol–water partition coefficient (Wildman–Crippen LogP) is 5.30. The van der Waals surface area contributed by atoms with Crippen LogP contribution in [0.4, 0.5) is 0 Å². The minimum atomic E-state index is 0.626. The SMILES string of the molecule is S[C@@]12C3CC4C5C6CC7C8C9C%10C%11C%12C%13C%14C%15C%16C%17C%18CC%19C%20C%21CC%22C%23C%24C%25C%26C%27C%28C%29C%30C1C1%31C%30%32C%29%30C%28%29C%27%28C%26%27C%25%26C%24%25C%23%24C%21%22C%20%21C%19%18C%17%18C%16%17C%15%16C%14%15C%13%14C%12%13C%11%12C%10%11C9%10C89C67C56C43C12C69C%10%31C%11%32C%12%30C%13%29C%14%28C%15%27C%16%26C%17%25C%21%18%24. The Morgan fingerprint density at radius 2 is 0.465 bits per heavy atom. The van der Waals surface area contributed by atoms with E-state index < -0.39 is 0 Å². The summed E-state index contributed by atoms with van der Waals surface area (Å²) >= 11 is 6.75. The lowest BCUT2D eigenvalue weighted by Crippen LogP contribution is -3.69. The fourth-order valence-electron chi connectivity index (χ4n) is 80.9. The second kappa shape index (κ2) is 3.45. The summed E-state index contributed by atoms with van der Waals surface area (Å²) in [7, 11) is 0. The molecule has 52 aliphatic carbocycles. The van der Waals surface area contributed by atoms with E-state index in [1.165, 1.54) is 172 Å². The van der Waals surface area contributed by atoms with Crippen LogP contribution in [0.3, 0.4) is 0 Å². The first-order valence-electron chi connectivity index (χ1n) is 34.9. The van der Waals surface area contributed by atoms with Crippen molar-refractivity contribution in [1.82, 2.24) is 0 Å². The molecule has 71 heavy (non-hydrogen) atoms. The molecule has 0 radical (unpaired) electrons. The second-order valence-corrected chi connectivity index (χ2v) is 47.0. The summed E-state index contributed by atoms with van der Waals surface area (Å²) < 4.78 is 0.626. The Morgan fingerprint density at radius 1 is 0.197 bits per heavy atom. The van der Waals surface area contributed by atoms with Gasteiger partial charge in [-0.15, -0.1) is 0 Å². The molecule has 52 rings (SSSR count). The molecule has 0 aromatic carbocycles. The summed E-state index contributed by atoms with van der Waals surface area (Å²) in [5, 5.41) is 0. The van der Waals surface area contributed by atoms with Crippen LogP contribution < -0.4 is 0 Å². The highest BCUT2D eigenvalue weighted by Gasteiger charge is 3.74. The van der Waals surface area contributed by atoms with E-state index in [2.05, 4.69) is 0 Å². The first kappa shape index (κ1) is 23.6. The summed E-state index contributed by atoms with van der Waals surface area (Å²) in [4.78, 5) is 0. The Labute approximate surface area is 407 Å². The molecule has 324 valence electrons. The maximum Gasteiger partial charge on any atom is 0.0274 e. The van der Waals surface area contributed by atoms with Crippen molar-refractivity contribution in [3.63, 3.8) is 0 Å². The molecule has 0 nitrogen and oxygen atoms in total. The third-order valence-corrected chi connectivity index (χ3v) is 63.6. The Kier molecular flexibility index (Phi) is 1.14. The van der Waals surface area contributed by atoms with Gasteiger partial charge < -0.3 is 0 Å². The first-order chi connectivity index (χ1) is 35.2. The maximum atomic E-state index is 6.75. The number of hydrogen-bond donors (Lipinski definition) is 1. The monoisotopic (exact) mass is 910 g/mol. The second-order valence-electron chi connectivity index (χ2n) is 46.3. The molecule has 52 saturated carbocycles. The summed E-state index contributed by atoms with van der Waals surface area (Å²) in [5.74, 6) is 40.0. The molecular formula is C70H38S. The molecule has 0 aromatic heterocycles. The molecule has 0 N–H and O–H groups in total. The van der Waals surface area contributed by atoms with Gasteiger partial charge in [0.05, 0.1) is 0 Å². The molecule has 36 spiro atoms. The van der Waals surface area contributed by atoms with Gasteiger partial charge in [-0.2, -0.15) is 12.6 Å². The quantitative estimate of drug-likeness (QED) is 0.314. The summed E-state index contributed by atoms with van der Waals surface area (Å²) in [6.45, 7) is 0. The van der Waals surface area contributed by atoms with E-state index in [9.17, 15) is 0 Å². The van der Waals surface area contributed by atoms with Gasteiger partial charge in [0.25, 0.3) is 0 Å². The van der Waals surface area contributed by atoms with E-state index in [0.29, 0.717) is 4.75 Å². The number of rotatable bonds is 0. The Bertz CT molecular complexity index is 5200. The van der Waals surface area contributed by atoms with Crippen molar-refractivity contribution in [2.75, 3.05) is 0 Å². The third kappa shape index (κ3) is 0.488. The van der Waals surface area contributed by atoms with Crippen LogP contribution in [-0.2, 0) is 0 Å². The molecular weight excluding hydrogens is 873 g/mol. The van der Waals surface area contributed by atoms with Crippen LogP contribution in [0.15, 0.2) is 0 Å². The lowest BCUT2D eigenvalue weighted by Gasteiger charge is -3.69.